The third-order valence-electron chi connectivity index (χ3n) is 3.30. The van der Waals surface area contributed by atoms with E-state index >= 15 is 0 Å². The molecular formula is C15H17N3O2. The normalized spacial score (nSPS) is 18.8. The highest BCUT2D eigenvalue weighted by molar-refractivity contribution is 5.38. The Morgan fingerprint density at radius 1 is 1.35 bits per heavy atom. The van der Waals surface area contributed by atoms with Gasteiger partial charge in [-0.15, -0.1) is 5.10 Å². The van der Waals surface area contributed by atoms with Crippen LogP contribution in [0.25, 0.3) is 0 Å². The van der Waals surface area contributed by atoms with E-state index in [9.17, 15) is 0 Å². The summed E-state index contributed by atoms with van der Waals surface area (Å²) >= 11 is 0. The van der Waals surface area contributed by atoms with Crippen LogP contribution in [0.2, 0.25) is 0 Å². The summed E-state index contributed by atoms with van der Waals surface area (Å²) < 4.78 is 11.5. The molecule has 3 rings (SSSR count). The molecule has 5 heteroatoms. The van der Waals surface area contributed by atoms with Crippen LogP contribution < -0.4 is 10.1 Å². The van der Waals surface area contributed by atoms with Crippen molar-refractivity contribution in [1.29, 1.82) is 0 Å². The highest BCUT2D eigenvalue weighted by Crippen LogP contribution is 2.28. The van der Waals surface area contributed by atoms with Crippen molar-refractivity contribution in [3.05, 3.63) is 47.7 Å². The van der Waals surface area contributed by atoms with Crippen molar-refractivity contribution >= 4 is 0 Å². The largest absolute Gasteiger partial charge is 0.438 e. The van der Waals surface area contributed by atoms with Crippen molar-refractivity contribution in [1.82, 2.24) is 15.5 Å². The van der Waals surface area contributed by atoms with Crippen LogP contribution in [0.4, 0.5) is 0 Å². The van der Waals surface area contributed by atoms with Gasteiger partial charge in [0.1, 0.15) is 5.75 Å². The van der Waals surface area contributed by atoms with Gasteiger partial charge in [-0.3, -0.25) is 0 Å². The van der Waals surface area contributed by atoms with E-state index in [2.05, 4.69) is 22.4 Å². The van der Waals surface area contributed by atoms with Gasteiger partial charge in [0.05, 0.1) is 12.7 Å². The number of rotatable bonds is 3. The fourth-order valence-electron chi connectivity index (χ4n) is 2.26. The number of hydrogen-bond donors (Lipinski definition) is 1. The van der Waals surface area contributed by atoms with Crippen LogP contribution in [0, 0.1) is 6.92 Å². The Labute approximate surface area is 117 Å². The van der Waals surface area contributed by atoms with Crippen molar-refractivity contribution in [2.24, 2.45) is 0 Å². The van der Waals surface area contributed by atoms with Gasteiger partial charge < -0.3 is 14.8 Å². The van der Waals surface area contributed by atoms with Crippen LogP contribution in [0.3, 0.4) is 0 Å². The van der Waals surface area contributed by atoms with E-state index in [4.69, 9.17) is 9.47 Å². The Kier molecular flexibility index (Phi) is 3.90. The Balaban J connectivity index is 1.82. The molecule has 5 nitrogen and oxygen atoms in total. The molecule has 1 N–H and O–H groups in total. The second kappa shape index (κ2) is 5.98. The minimum absolute atomic E-state index is 0.0779. The number of ether oxygens (including phenoxy) is 2. The lowest BCUT2D eigenvalue weighted by Gasteiger charge is -2.25. The Bertz CT molecular complexity index is 569. The van der Waals surface area contributed by atoms with Crippen molar-refractivity contribution in [2.75, 3.05) is 19.7 Å². The SMILES string of the molecule is Cc1ccc(Oc2cccnn2)cc1[C@@H]1CNCCO1. The summed E-state index contributed by atoms with van der Waals surface area (Å²) in [5.41, 5.74) is 2.35. The maximum absolute atomic E-state index is 5.80. The molecule has 0 unspecified atom stereocenters. The average Bonchev–Trinajstić information content (AvgIpc) is 2.51. The van der Waals surface area contributed by atoms with E-state index in [1.165, 1.54) is 5.56 Å². The maximum atomic E-state index is 5.80. The topological polar surface area (TPSA) is 56.3 Å². The number of aryl methyl sites for hydroxylation is 1. The highest BCUT2D eigenvalue weighted by Gasteiger charge is 2.18. The van der Waals surface area contributed by atoms with Crippen LogP contribution in [-0.2, 0) is 4.74 Å². The van der Waals surface area contributed by atoms with Crippen LogP contribution in [0.5, 0.6) is 11.6 Å². The van der Waals surface area contributed by atoms with E-state index in [0.717, 1.165) is 31.0 Å². The standard InChI is InChI=1S/C15H17N3O2/c1-11-4-5-12(20-15-3-2-6-17-18-15)9-13(11)14-10-16-7-8-19-14/h2-6,9,14,16H,7-8,10H2,1H3/t14-/m0/s1. The molecule has 0 amide bonds. The van der Waals surface area contributed by atoms with Crippen molar-refractivity contribution < 1.29 is 9.47 Å². The number of benzene rings is 1. The Hall–Kier alpha value is -1.98. The van der Waals surface area contributed by atoms with Gasteiger partial charge in [0.25, 0.3) is 0 Å². The van der Waals surface area contributed by atoms with Gasteiger partial charge in [-0.2, -0.15) is 5.10 Å². The number of aromatic nitrogens is 2. The molecule has 1 aromatic heterocycles. The third-order valence-corrected chi connectivity index (χ3v) is 3.30. The molecule has 0 radical (unpaired) electrons. The fourth-order valence-corrected chi connectivity index (χ4v) is 2.26. The van der Waals surface area contributed by atoms with Crippen LogP contribution in [0.1, 0.15) is 17.2 Å². The van der Waals surface area contributed by atoms with Crippen LogP contribution in [0.15, 0.2) is 36.5 Å². The van der Waals surface area contributed by atoms with Gasteiger partial charge in [0.15, 0.2) is 0 Å². The molecule has 1 fully saturated rings. The van der Waals surface area contributed by atoms with Gasteiger partial charge >= 0.3 is 0 Å². The lowest BCUT2D eigenvalue weighted by atomic mass is 10.0. The lowest BCUT2D eigenvalue weighted by Crippen LogP contribution is -2.33. The zero-order valence-electron chi connectivity index (χ0n) is 11.4. The highest BCUT2D eigenvalue weighted by atomic mass is 16.5. The molecule has 1 aliphatic heterocycles. The Morgan fingerprint density at radius 3 is 3.05 bits per heavy atom. The van der Waals surface area contributed by atoms with Crippen molar-refractivity contribution in [3.8, 4) is 11.6 Å². The van der Waals surface area contributed by atoms with E-state index in [1.807, 2.05) is 18.2 Å². The summed E-state index contributed by atoms with van der Waals surface area (Å²) in [6.07, 6.45) is 1.70. The zero-order chi connectivity index (χ0) is 13.8. The Morgan fingerprint density at radius 2 is 2.30 bits per heavy atom. The van der Waals surface area contributed by atoms with Gasteiger partial charge in [-0.25, -0.2) is 0 Å². The fraction of sp³-hybridized carbons (Fsp3) is 0.333. The van der Waals surface area contributed by atoms with Gasteiger partial charge in [0, 0.05) is 25.4 Å². The first-order chi connectivity index (χ1) is 9.83. The van der Waals surface area contributed by atoms with Gasteiger partial charge in [-0.05, 0) is 36.2 Å². The summed E-state index contributed by atoms with van der Waals surface area (Å²) in [5, 5.41) is 11.1. The molecule has 20 heavy (non-hydrogen) atoms. The first kappa shape index (κ1) is 13.0. The summed E-state index contributed by atoms with van der Waals surface area (Å²) in [7, 11) is 0. The average molecular weight is 271 g/mol. The summed E-state index contributed by atoms with van der Waals surface area (Å²) in [4.78, 5) is 0. The lowest BCUT2D eigenvalue weighted by molar-refractivity contribution is 0.0272. The molecule has 1 saturated heterocycles. The number of nitrogens with one attached hydrogen (secondary N) is 1. The van der Waals surface area contributed by atoms with E-state index in [-0.39, 0.29) is 6.10 Å². The first-order valence-electron chi connectivity index (χ1n) is 6.71. The summed E-state index contributed by atoms with van der Waals surface area (Å²) in [6, 6.07) is 9.57. The quantitative estimate of drug-likeness (QED) is 0.927. The molecule has 0 bridgehead atoms. The molecule has 2 heterocycles. The molecule has 1 atom stereocenters. The van der Waals surface area contributed by atoms with E-state index in [1.54, 1.807) is 18.3 Å². The summed E-state index contributed by atoms with van der Waals surface area (Å²) in [5.74, 6) is 1.24. The monoisotopic (exact) mass is 271 g/mol. The first-order valence-corrected chi connectivity index (χ1v) is 6.71. The molecule has 2 aromatic rings. The second-order valence-electron chi connectivity index (χ2n) is 4.75. The van der Waals surface area contributed by atoms with E-state index in [0.29, 0.717) is 5.88 Å². The molecular weight excluding hydrogens is 254 g/mol. The van der Waals surface area contributed by atoms with Crippen LogP contribution >= 0.6 is 0 Å². The predicted octanol–water partition coefficient (Wildman–Crippen LogP) is 2.24. The number of hydrogen-bond acceptors (Lipinski definition) is 5. The smallest absolute Gasteiger partial charge is 0.238 e. The van der Waals surface area contributed by atoms with Crippen molar-refractivity contribution in [2.45, 2.75) is 13.0 Å². The molecule has 1 aromatic carbocycles. The van der Waals surface area contributed by atoms with Gasteiger partial charge in [0.2, 0.25) is 5.88 Å². The van der Waals surface area contributed by atoms with Crippen molar-refractivity contribution in [3.63, 3.8) is 0 Å². The molecule has 0 spiro atoms. The maximum Gasteiger partial charge on any atom is 0.238 e. The predicted molar refractivity (Wildman–Crippen MR) is 74.8 cm³/mol. The molecule has 1 aliphatic rings. The summed E-state index contributed by atoms with van der Waals surface area (Å²) in [6.45, 7) is 4.56. The molecule has 0 aliphatic carbocycles. The molecule has 0 saturated carbocycles. The minimum atomic E-state index is 0.0779. The third kappa shape index (κ3) is 2.95. The number of morpholine rings is 1. The van der Waals surface area contributed by atoms with Crippen LogP contribution in [-0.4, -0.2) is 29.9 Å². The minimum Gasteiger partial charge on any atom is -0.438 e. The van der Waals surface area contributed by atoms with E-state index < -0.39 is 0 Å². The van der Waals surface area contributed by atoms with Gasteiger partial charge in [-0.1, -0.05) is 6.07 Å². The second-order valence-corrected chi connectivity index (χ2v) is 4.75. The molecule has 104 valence electrons. The zero-order valence-corrected chi connectivity index (χ0v) is 11.4. The number of nitrogens with zero attached hydrogens (tertiary/aromatic N) is 2.